The van der Waals surface area contributed by atoms with Crippen molar-refractivity contribution < 1.29 is 9.90 Å². The number of carbonyl (C=O) groups excluding carboxylic acids is 1. The van der Waals surface area contributed by atoms with E-state index in [0.29, 0.717) is 12.0 Å². The zero-order valence-electron chi connectivity index (χ0n) is 11.8. The fourth-order valence-electron chi connectivity index (χ4n) is 4.10. The molecule has 1 heterocycles. The van der Waals surface area contributed by atoms with E-state index in [1.54, 1.807) is 0 Å². The Hall–Kier alpha value is -0.610. The second kappa shape index (κ2) is 5.41. The Morgan fingerprint density at radius 2 is 2.00 bits per heavy atom. The van der Waals surface area contributed by atoms with Gasteiger partial charge in [-0.1, -0.05) is 12.8 Å². The molecule has 0 aromatic heterocycles. The number of amides is 1. The number of aliphatic hydroxyl groups is 1. The molecule has 108 valence electrons. The van der Waals surface area contributed by atoms with E-state index < -0.39 is 0 Å². The second-order valence-corrected chi connectivity index (χ2v) is 6.82. The molecule has 3 atom stereocenters. The molecule has 1 amide bonds. The van der Waals surface area contributed by atoms with Crippen LogP contribution in [0.4, 0.5) is 0 Å². The topological polar surface area (TPSA) is 52.6 Å². The van der Waals surface area contributed by atoms with Crippen LogP contribution < -0.4 is 5.32 Å². The first-order chi connectivity index (χ1) is 9.13. The van der Waals surface area contributed by atoms with Crippen LogP contribution in [-0.4, -0.2) is 47.7 Å². The summed E-state index contributed by atoms with van der Waals surface area (Å²) >= 11 is 0. The maximum Gasteiger partial charge on any atom is 0.239 e. The molecule has 0 bridgehead atoms. The van der Waals surface area contributed by atoms with Gasteiger partial charge in [0.25, 0.3) is 0 Å². The van der Waals surface area contributed by atoms with Crippen LogP contribution in [0.15, 0.2) is 0 Å². The third-order valence-corrected chi connectivity index (χ3v) is 5.28. The van der Waals surface area contributed by atoms with E-state index >= 15 is 0 Å². The fourth-order valence-corrected chi connectivity index (χ4v) is 4.10. The Balaban J connectivity index is 1.49. The summed E-state index contributed by atoms with van der Waals surface area (Å²) in [6, 6.07) is 0.629. The van der Waals surface area contributed by atoms with Crippen molar-refractivity contribution in [2.75, 3.05) is 13.6 Å². The normalized spacial score (nSPS) is 41.5. The average molecular weight is 266 g/mol. The lowest BCUT2D eigenvalue weighted by Gasteiger charge is -2.35. The molecule has 0 radical (unpaired) electrons. The molecule has 4 heteroatoms. The van der Waals surface area contributed by atoms with Gasteiger partial charge in [-0.3, -0.25) is 4.79 Å². The largest absolute Gasteiger partial charge is 0.393 e. The first kappa shape index (κ1) is 13.4. The van der Waals surface area contributed by atoms with Gasteiger partial charge in [0.2, 0.25) is 5.91 Å². The number of nitrogens with zero attached hydrogens (tertiary/aromatic N) is 1. The highest BCUT2D eigenvalue weighted by Gasteiger charge is 2.39. The maximum absolute atomic E-state index is 12.4. The SMILES string of the molecule is CN(CC1CC(O)C1)C(=O)C1CC2CCCCC2N1. The first-order valence-corrected chi connectivity index (χ1v) is 7.82. The van der Waals surface area contributed by atoms with E-state index in [1.807, 2.05) is 11.9 Å². The molecule has 3 aliphatic rings. The Bertz CT molecular complexity index is 327. The Morgan fingerprint density at radius 1 is 1.26 bits per heavy atom. The summed E-state index contributed by atoms with van der Waals surface area (Å²) in [4.78, 5) is 14.3. The molecular weight excluding hydrogens is 240 g/mol. The highest BCUT2D eigenvalue weighted by molar-refractivity contribution is 5.82. The third-order valence-electron chi connectivity index (χ3n) is 5.28. The van der Waals surface area contributed by atoms with Crippen molar-refractivity contribution in [3.8, 4) is 0 Å². The van der Waals surface area contributed by atoms with E-state index in [1.165, 1.54) is 25.7 Å². The molecule has 3 fully saturated rings. The molecule has 4 nitrogen and oxygen atoms in total. The number of aliphatic hydroxyl groups excluding tert-OH is 1. The minimum Gasteiger partial charge on any atom is -0.393 e. The van der Waals surface area contributed by atoms with E-state index in [9.17, 15) is 9.90 Å². The summed E-state index contributed by atoms with van der Waals surface area (Å²) in [6.07, 6.45) is 7.81. The lowest BCUT2D eigenvalue weighted by atomic mass is 9.82. The summed E-state index contributed by atoms with van der Waals surface area (Å²) in [5.41, 5.74) is 0. The summed E-state index contributed by atoms with van der Waals surface area (Å²) in [5.74, 6) is 1.49. The Morgan fingerprint density at radius 3 is 2.68 bits per heavy atom. The van der Waals surface area contributed by atoms with E-state index in [0.717, 1.165) is 31.7 Å². The molecule has 2 aliphatic carbocycles. The van der Waals surface area contributed by atoms with Gasteiger partial charge in [0.15, 0.2) is 0 Å². The molecule has 1 saturated heterocycles. The summed E-state index contributed by atoms with van der Waals surface area (Å²) in [7, 11) is 1.91. The van der Waals surface area contributed by atoms with Gasteiger partial charge in [-0.25, -0.2) is 0 Å². The van der Waals surface area contributed by atoms with Crippen molar-refractivity contribution in [2.45, 2.75) is 63.1 Å². The molecule has 19 heavy (non-hydrogen) atoms. The zero-order valence-corrected chi connectivity index (χ0v) is 11.8. The highest BCUT2D eigenvalue weighted by atomic mass is 16.3. The Kier molecular flexibility index (Phi) is 3.81. The van der Waals surface area contributed by atoms with Crippen LogP contribution in [0.1, 0.15) is 44.9 Å². The van der Waals surface area contributed by atoms with Crippen molar-refractivity contribution in [3.05, 3.63) is 0 Å². The fraction of sp³-hybridized carbons (Fsp3) is 0.933. The van der Waals surface area contributed by atoms with Crippen LogP contribution in [0.3, 0.4) is 0 Å². The van der Waals surface area contributed by atoms with Crippen LogP contribution in [-0.2, 0) is 4.79 Å². The van der Waals surface area contributed by atoms with E-state index in [2.05, 4.69) is 5.32 Å². The molecule has 2 N–H and O–H groups in total. The van der Waals surface area contributed by atoms with Gasteiger partial charge in [0.05, 0.1) is 12.1 Å². The monoisotopic (exact) mass is 266 g/mol. The van der Waals surface area contributed by atoms with Crippen molar-refractivity contribution >= 4 is 5.91 Å². The molecule has 1 aliphatic heterocycles. The van der Waals surface area contributed by atoms with Gasteiger partial charge >= 0.3 is 0 Å². The van der Waals surface area contributed by atoms with E-state index in [4.69, 9.17) is 0 Å². The van der Waals surface area contributed by atoms with Gasteiger partial charge in [0.1, 0.15) is 0 Å². The second-order valence-electron chi connectivity index (χ2n) is 6.82. The van der Waals surface area contributed by atoms with Crippen molar-refractivity contribution in [1.29, 1.82) is 0 Å². The number of nitrogens with one attached hydrogen (secondary N) is 1. The predicted molar refractivity (Wildman–Crippen MR) is 73.7 cm³/mol. The molecule has 3 unspecified atom stereocenters. The summed E-state index contributed by atoms with van der Waals surface area (Å²) in [6.45, 7) is 0.809. The molecule has 0 aromatic carbocycles. The van der Waals surface area contributed by atoms with Gasteiger partial charge < -0.3 is 15.3 Å². The minimum absolute atomic E-state index is 0.0445. The first-order valence-electron chi connectivity index (χ1n) is 7.82. The van der Waals surface area contributed by atoms with Crippen LogP contribution >= 0.6 is 0 Å². The number of fused-ring (bicyclic) bond motifs is 1. The molecular formula is C15H26N2O2. The minimum atomic E-state index is -0.124. The number of hydrogen-bond donors (Lipinski definition) is 2. The number of rotatable bonds is 3. The quantitative estimate of drug-likeness (QED) is 0.805. The van der Waals surface area contributed by atoms with Crippen LogP contribution in [0.5, 0.6) is 0 Å². The molecule has 3 rings (SSSR count). The highest BCUT2D eigenvalue weighted by Crippen LogP contribution is 2.34. The van der Waals surface area contributed by atoms with Crippen molar-refractivity contribution in [2.24, 2.45) is 11.8 Å². The van der Waals surface area contributed by atoms with Gasteiger partial charge in [-0.15, -0.1) is 0 Å². The van der Waals surface area contributed by atoms with Gasteiger partial charge in [0, 0.05) is 19.6 Å². The van der Waals surface area contributed by atoms with Crippen LogP contribution in [0.2, 0.25) is 0 Å². The number of likely N-dealkylation sites (N-methyl/N-ethyl adjacent to an activating group) is 1. The lowest BCUT2D eigenvalue weighted by molar-refractivity contribution is -0.133. The van der Waals surface area contributed by atoms with Crippen LogP contribution in [0.25, 0.3) is 0 Å². The third kappa shape index (κ3) is 2.79. The lowest BCUT2D eigenvalue weighted by Crippen LogP contribution is -2.47. The van der Waals surface area contributed by atoms with Gasteiger partial charge in [-0.2, -0.15) is 0 Å². The summed E-state index contributed by atoms with van der Waals surface area (Å²) < 4.78 is 0. The van der Waals surface area contributed by atoms with Gasteiger partial charge in [-0.05, 0) is 43.9 Å². The number of hydrogen-bond acceptors (Lipinski definition) is 3. The number of carbonyl (C=O) groups is 1. The predicted octanol–water partition coefficient (Wildman–Crippen LogP) is 1.14. The average Bonchev–Trinajstić information content (AvgIpc) is 2.79. The van der Waals surface area contributed by atoms with Crippen LogP contribution in [0, 0.1) is 11.8 Å². The standard InChI is InChI=1S/C15H26N2O2/c1-17(9-10-6-12(18)7-10)15(19)14-8-11-4-2-3-5-13(11)16-14/h10-14,16,18H,2-9H2,1H3. The molecule has 0 spiro atoms. The maximum atomic E-state index is 12.4. The van der Waals surface area contributed by atoms with Crippen molar-refractivity contribution in [1.82, 2.24) is 10.2 Å². The summed E-state index contributed by atoms with van der Waals surface area (Å²) in [5, 5.41) is 12.9. The molecule has 2 saturated carbocycles. The smallest absolute Gasteiger partial charge is 0.239 e. The van der Waals surface area contributed by atoms with Crippen molar-refractivity contribution in [3.63, 3.8) is 0 Å². The molecule has 0 aromatic rings. The van der Waals surface area contributed by atoms with E-state index in [-0.39, 0.29) is 18.1 Å². The Labute approximate surface area is 115 Å². The zero-order chi connectivity index (χ0) is 13.4.